The second-order valence-electron chi connectivity index (χ2n) is 6.49. The lowest BCUT2D eigenvalue weighted by Gasteiger charge is -2.27. The second-order valence-corrected chi connectivity index (χ2v) is 8.26. The third-order valence-electron chi connectivity index (χ3n) is 3.84. The Hall–Kier alpha value is -0.980. The van der Waals surface area contributed by atoms with Crippen LogP contribution in [0.3, 0.4) is 0 Å². The number of aliphatic hydroxyl groups excluding tert-OH is 1. The van der Waals surface area contributed by atoms with Crippen molar-refractivity contribution in [3.8, 4) is 0 Å². The van der Waals surface area contributed by atoms with Crippen LogP contribution in [0.5, 0.6) is 0 Å². The average molecular weight is 317 g/mol. The summed E-state index contributed by atoms with van der Waals surface area (Å²) < 4.78 is 40.8. The van der Waals surface area contributed by atoms with Gasteiger partial charge in [-0.15, -0.1) is 0 Å². The van der Waals surface area contributed by atoms with Crippen LogP contribution in [0.4, 0.5) is 4.39 Å². The van der Waals surface area contributed by atoms with E-state index in [0.29, 0.717) is 6.54 Å². The van der Waals surface area contributed by atoms with E-state index in [9.17, 15) is 12.8 Å². The smallest absolute Gasteiger partial charge is 0.240 e. The van der Waals surface area contributed by atoms with Crippen LogP contribution in [0.15, 0.2) is 17.0 Å². The van der Waals surface area contributed by atoms with Gasteiger partial charge in [0.15, 0.2) is 0 Å². The highest BCUT2D eigenvalue weighted by Gasteiger charge is 2.23. The molecule has 21 heavy (non-hydrogen) atoms. The summed E-state index contributed by atoms with van der Waals surface area (Å²) in [6.45, 7) is 9.33. The van der Waals surface area contributed by atoms with Crippen molar-refractivity contribution in [2.24, 2.45) is 11.3 Å². The van der Waals surface area contributed by atoms with Crippen molar-refractivity contribution in [3.05, 3.63) is 29.1 Å². The molecule has 2 N–H and O–H groups in total. The summed E-state index contributed by atoms with van der Waals surface area (Å²) in [5.74, 6) is -0.425. The lowest BCUT2D eigenvalue weighted by atomic mass is 9.82. The molecule has 4 nitrogen and oxygen atoms in total. The van der Waals surface area contributed by atoms with Crippen molar-refractivity contribution < 1.29 is 17.9 Å². The number of aliphatic hydroxyl groups is 1. The summed E-state index contributed by atoms with van der Waals surface area (Å²) in [6.07, 6.45) is 0. The predicted octanol–water partition coefficient (Wildman–Crippen LogP) is 2.59. The van der Waals surface area contributed by atoms with Gasteiger partial charge in [0.05, 0.1) is 11.5 Å². The molecule has 0 fully saturated rings. The van der Waals surface area contributed by atoms with Gasteiger partial charge < -0.3 is 5.11 Å². The fourth-order valence-electron chi connectivity index (χ4n) is 1.70. The van der Waals surface area contributed by atoms with E-state index in [-0.39, 0.29) is 27.4 Å². The minimum Gasteiger partial charge on any atom is -0.392 e. The molecule has 0 saturated carbocycles. The second kappa shape index (κ2) is 6.42. The Balaban J connectivity index is 3.01. The number of nitrogens with one attached hydrogen (secondary N) is 1. The summed E-state index contributed by atoms with van der Waals surface area (Å²) >= 11 is 0. The number of hydrogen-bond acceptors (Lipinski definition) is 3. The first-order chi connectivity index (χ1) is 9.49. The van der Waals surface area contributed by atoms with Gasteiger partial charge in [-0.1, -0.05) is 27.7 Å². The molecule has 0 bridgehead atoms. The molecule has 1 rings (SSSR count). The topological polar surface area (TPSA) is 66.4 Å². The van der Waals surface area contributed by atoms with Crippen molar-refractivity contribution in [2.45, 2.75) is 46.1 Å². The molecule has 1 unspecified atom stereocenters. The first kappa shape index (κ1) is 18.1. The summed E-state index contributed by atoms with van der Waals surface area (Å²) in [5, 5.41) is 9.10. The molecule has 0 aliphatic carbocycles. The molecule has 0 radical (unpaired) electrons. The number of halogens is 1. The average Bonchev–Trinajstić information content (AvgIpc) is 2.37. The lowest BCUT2D eigenvalue weighted by Crippen LogP contribution is -2.33. The third kappa shape index (κ3) is 4.49. The molecule has 1 aromatic rings. The molecule has 0 aliphatic rings. The maximum Gasteiger partial charge on any atom is 0.240 e. The minimum absolute atomic E-state index is 0.0146. The van der Waals surface area contributed by atoms with Gasteiger partial charge in [0.25, 0.3) is 0 Å². The molecule has 0 aliphatic heterocycles. The minimum atomic E-state index is -3.72. The number of benzene rings is 1. The first-order valence-electron chi connectivity index (χ1n) is 6.88. The van der Waals surface area contributed by atoms with Crippen LogP contribution >= 0.6 is 0 Å². The van der Waals surface area contributed by atoms with Crippen LogP contribution in [0.1, 0.15) is 38.8 Å². The number of aryl methyl sites for hydroxylation is 1. The van der Waals surface area contributed by atoms with Crippen molar-refractivity contribution in [1.29, 1.82) is 0 Å². The van der Waals surface area contributed by atoms with Gasteiger partial charge in [-0.2, -0.15) is 0 Å². The summed E-state index contributed by atoms with van der Waals surface area (Å²) in [7, 11) is -3.72. The highest BCUT2D eigenvalue weighted by Crippen LogP contribution is 2.25. The Labute approximate surface area is 126 Å². The zero-order valence-electron chi connectivity index (χ0n) is 13.2. The van der Waals surface area contributed by atoms with Gasteiger partial charge in [0.1, 0.15) is 5.82 Å². The Morgan fingerprint density at radius 3 is 2.38 bits per heavy atom. The summed E-state index contributed by atoms with van der Waals surface area (Å²) in [5.41, 5.74) is 0.169. The molecule has 6 heteroatoms. The fourth-order valence-corrected chi connectivity index (χ4v) is 2.97. The molecule has 0 saturated heterocycles. The maximum absolute atomic E-state index is 13.7. The van der Waals surface area contributed by atoms with Gasteiger partial charge in [0, 0.05) is 12.1 Å². The van der Waals surface area contributed by atoms with Gasteiger partial charge >= 0.3 is 0 Å². The van der Waals surface area contributed by atoms with Crippen molar-refractivity contribution in [1.82, 2.24) is 4.72 Å². The largest absolute Gasteiger partial charge is 0.392 e. The molecule has 0 amide bonds. The van der Waals surface area contributed by atoms with Crippen LogP contribution < -0.4 is 4.72 Å². The van der Waals surface area contributed by atoms with Crippen LogP contribution in [-0.4, -0.2) is 20.1 Å². The molecule has 0 spiro atoms. The molecular weight excluding hydrogens is 293 g/mol. The Morgan fingerprint density at radius 2 is 1.90 bits per heavy atom. The molecule has 1 atom stereocenters. The van der Waals surface area contributed by atoms with E-state index in [1.807, 2.05) is 27.7 Å². The highest BCUT2D eigenvalue weighted by molar-refractivity contribution is 7.89. The molecule has 0 aromatic heterocycles. The van der Waals surface area contributed by atoms with Crippen LogP contribution in [0.25, 0.3) is 0 Å². The quantitative estimate of drug-likeness (QED) is 0.877. The monoisotopic (exact) mass is 317 g/mol. The normalized spacial score (nSPS) is 14.2. The Bertz CT molecular complexity index is 606. The Kier molecular flexibility index (Phi) is 5.52. The molecular formula is C15H24FNO3S. The Morgan fingerprint density at radius 1 is 1.33 bits per heavy atom. The van der Waals surface area contributed by atoms with E-state index in [4.69, 9.17) is 5.11 Å². The van der Waals surface area contributed by atoms with Gasteiger partial charge in [-0.25, -0.2) is 17.5 Å². The zero-order valence-corrected chi connectivity index (χ0v) is 14.0. The molecule has 1 aromatic carbocycles. The molecule has 120 valence electrons. The highest BCUT2D eigenvalue weighted by atomic mass is 32.2. The van der Waals surface area contributed by atoms with Crippen molar-refractivity contribution in [3.63, 3.8) is 0 Å². The number of sulfonamides is 1. The van der Waals surface area contributed by atoms with Crippen LogP contribution in [-0.2, 0) is 16.6 Å². The van der Waals surface area contributed by atoms with E-state index in [1.165, 1.54) is 19.1 Å². The predicted molar refractivity (Wildman–Crippen MR) is 80.9 cm³/mol. The van der Waals surface area contributed by atoms with Crippen LogP contribution in [0.2, 0.25) is 0 Å². The van der Waals surface area contributed by atoms with E-state index in [0.717, 1.165) is 0 Å². The maximum atomic E-state index is 13.7. The standard InChI is InChI=1S/C15H24FNO3S/c1-10-6-13(7-12(9-18)14(10)16)21(19,20)17-8-11(2)15(3,4)5/h6-7,11,17-18H,8-9H2,1-5H3. The van der Waals surface area contributed by atoms with E-state index in [1.54, 1.807) is 0 Å². The number of rotatable bonds is 5. The lowest BCUT2D eigenvalue weighted by molar-refractivity contribution is 0.263. The van der Waals surface area contributed by atoms with Gasteiger partial charge in [-0.3, -0.25) is 0 Å². The summed E-state index contributed by atoms with van der Waals surface area (Å²) in [6, 6.07) is 2.45. The van der Waals surface area contributed by atoms with E-state index >= 15 is 0 Å². The van der Waals surface area contributed by atoms with E-state index < -0.39 is 22.4 Å². The molecule has 0 heterocycles. The number of hydrogen-bond donors (Lipinski definition) is 2. The summed E-state index contributed by atoms with van der Waals surface area (Å²) in [4.78, 5) is -0.0217. The fraction of sp³-hybridized carbons (Fsp3) is 0.600. The third-order valence-corrected chi connectivity index (χ3v) is 5.24. The van der Waals surface area contributed by atoms with Gasteiger partial charge in [0.2, 0.25) is 10.0 Å². The zero-order chi connectivity index (χ0) is 16.4. The van der Waals surface area contributed by atoms with Crippen molar-refractivity contribution >= 4 is 10.0 Å². The van der Waals surface area contributed by atoms with Crippen molar-refractivity contribution in [2.75, 3.05) is 6.54 Å². The van der Waals surface area contributed by atoms with E-state index in [2.05, 4.69) is 4.72 Å². The van der Waals surface area contributed by atoms with Crippen LogP contribution in [0, 0.1) is 24.1 Å². The van der Waals surface area contributed by atoms with Gasteiger partial charge in [-0.05, 0) is 36.0 Å². The first-order valence-corrected chi connectivity index (χ1v) is 8.37. The SMILES string of the molecule is Cc1cc(S(=O)(=O)NCC(C)C(C)(C)C)cc(CO)c1F.